The lowest BCUT2D eigenvalue weighted by Gasteiger charge is -2.11. The van der Waals surface area contributed by atoms with Crippen molar-refractivity contribution < 1.29 is 13.9 Å². The minimum absolute atomic E-state index is 0.133. The lowest BCUT2D eigenvalue weighted by Crippen LogP contribution is -2.07. The maximum Gasteiger partial charge on any atom is 0.232 e. The minimum atomic E-state index is -0.133. The number of ketones is 1. The molecule has 0 spiro atoms. The molecule has 0 atom stereocenters. The summed E-state index contributed by atoms with van der Waals surface area (Å²) < 4.78 is 10.6. The molecule has 3 nitrogen and oxygen atoms in total. The Labute approximate surface area is 106 Å². The van der Waals surface area contributed by atoms with Crippen LogP contribution in [-0.4, -0.2) is 12.9 Å². The molecule has 0 saturated heterocycles. The van der Waals surface area contributed by atoms with Gasteiger partial charge in [-0.25, -0.2) is 0 Å². The van der Waals surface area contributed by atoms with E-state index >= 15 is 0 Å². The molecule has 0 fully saturated rings. The van der Waals surface area contributed by atoms with Gasteiger partial charge in [-0.05, 0) is 49.6 Å². The van der Waals surface area contributed by atoms with Gasteiger partial charge in [0.1, 0.15) is 5.75 Å². The Morgan fingerprint density at radius 1 is 1.17 bits per heavy atom. The first kappa shape index (κ1) is 12.4. The summed E-state index contributed by atoms with van der Waals surface area (Å²) in [7, 11) is 1.57. The van der Waals surface area contributed by atoms with Crippen LogP contribution in [0.4, 0.5) is 0 Å². The summed E-state index contributed by atoms with van der Waals surface area (Å²) in [4.78, 5) is 12.5. The zero-order valence-electron chi connectivity index (χ0n) is 11.0. The third-order valence-electron chi connectivity index (χ3n) is 2.96. The smallest absolute Gasteiger partial charge is 0.232 e. The molecule has 0 saturated carbocycles. The number of hydrogen-bond donors (Lipinski definition) is 0. The first-order chi connectivity index (χ1) is 8.54. The summed E-state index contributed by atoms with van der Waals surface area (Å²) in [5.41, 5.74) is 3.37. The SMILES string of the molecule is COc1cc(C)cc(C)c1C(=O)c1occc1C. The van der Waals surface area contributed by atoms with Crippen molar-refractivity contribution in [3.8, 4) is 5.75 Å². The van der Waals surface area contributed by atoms with Crippen LogP contribution in [0.5, 0.6) is 5.75 Å². The predicted octanol–water partition coefficient (Wildman–Crippen LogP) is 3.44. The lowest BCUT2D eigenvalue weighted by molar-refractivity contribution is 0.100. The number of rotatable bonds is 3. The van der Waals surface area contributed by atoms with E-state index in [4.69, 9.17) is 9.15 Å². The van der Waals surface area contributed by atoms with Gasteiger partial charge in [-0.15, -0.1) is 0 Å². The molecule has 0 aliphatic carbocycles. The molecule has 1 aromatic heterocycles. The molecule has 0 aliphatic heterocycles. The minimum Gasteiger partial charge on any atom is -0.496 e. The van der Waals surface area contributed by atoms with E-state index in [1.165, 1.54) is 6.26 Å². The van der Waals surface area contributed by atoms with E-state index in [9.17, 15) is 4.79 Å². The number of carbonyl (C=O) groups is 1. The van der Waals surface area contributed by atoms with Crippen LogP contribution in [0.25, 0.3) is 0 Å². The zero-order valence-corrected chi connectivity index (χ0v) is 11.0. The highest BCUT2D eigenvalue weighted by Gasteiger charge is 2.21. The Kier molecular flexibility index (Phi) is 3.24. The number of methoxy groups -OCH3 is 1. The van der Waals surface area contributed by atoms with Crippen molar-refractivity contribution in [1.82, 2.24) is 0 Å². The van der Waals surface area contributed by atoms with E-state index in [-0.39, 0.29) is 5.78 Å². The van der Waals surface area contributed by atoms with Gasteiger partial charge in [-0.1, -0.05) is 6.07 Å². The van der Waals surface area contributed by atoms with E-state index in [1.807, 2.05) is 32.9 Å². The average molecular weight is 244 g/mol. The zero-order chi connectivity index (χ0) is 13.3. The summed E-state index contributed by atoms with van der Waals surface area (Å²) in [6, 6.07) is 5.61. The normalized spacial score (nSPS) is 10.4. The molecule has 0 unspecified atom stereocenters. The van der Waals surface area contributed by atoms with Gasteiger partial charge in [0.2, 0.25) is 5.78 Å². The molecule has 94 valence electrons. The lowest BCUT2D eigenvalue weighted by atomic mass is 9.98. The summed E-state index contributed by atoms with van der Waals surface area (Å²) in [5.74, 6) is 0.834. The van der Waals surface area contributed by atoms with E-state index in [2.05, 4.69) is 0 Å². The highest BCUT2D eigenvalue weighted by Crippen LogP contribution is 2.27. The molecule has 1 aromatic carbocycles. The fraction of sp³-hybridized carbons (Fsp3) is 0.267. The largest absolute Gasteiger partial charge is 0.496 e. The number of hydrogen-bond acceptors (Lipinski definition) is 3. The van der Waals surface area contributed by atoms with E-state index in [0.29, 0.717) is 17.1 Å². The molecule has 0 radical (unpaired) electrons. The van der Waals surface area contributed by atoms with Gasteiger partial charge in [-0.3, -0.25) is 4.79 Å². The molecule has 0 bridgehead atoms. The number of carbonyl (C=O) groups excluding carboxylic acids is 1. The van der Waals surface area contributed by atoms with Crippen molar-refractivity contribution in [3.63, 3.8) is 0 Å². The summed E-state index contributed by atoms with van der Waals surface area (Å²) >= 11 is 0. The second-order valence-electron chi connectivity index (χ2n) is 4.42. The van der Waals surface area contributed by atoms with Crippen molar-refractivity contribution in [2.45, 2.75) is 20.8 Å². The quantitative estimate of drug-likeness (QED) is 0.776. The molecule has 2 rings (SSSR count). The maximum absolute atomic E-state index is 12.5. The Balaban J connectivity index is 2.58. The van der Waals surface area contributed by atoms with Crippen LogP contribution < -0.4 is 4.74 Å². The molecular weight excluding hydrogens is 228 g/mol. The van der Waals surface area contributed by atoms with Gasteiger partial charge < -0.3 is 9.15 Å². The predicted molar refractivity (Wildman–Crippen MR) is 69.3 cm³/mol. The topological polar surface area (TPSA) is 39.4 Å². The third-order valence-corrected chi connectivity index (χ3v) is 2.96. The second kappa shape index (κ2) is 4.69. The molecule has 0 amide bonds. The number of benzene rings is 1. The molecule has 3 heteroatoms. The summed E-state index contributed by atoms with van der Waals surface area (Å²) in [5, 5.41) is 0. The fourth-order valence-electron chi connectivity index (χ4n) is 2.10. The summed E-state index contributed by atoms with van der Waals surface area (Å²) in [6.07, 6.45) is 1.53. The van der Waals surface area contributed by atoms with Crippen LogP contribution in [0.1, 0.15) is 32.8 Å². The van der Waals surface area contributed by atoms with Crippen molar-refractivity contribution in [3.05, 3.63) is 52.5 Å². The van der Waals surface area contributed by atoms with E-state index in [0.717, 1.165) is 16.7 Å². The van der Waals surface area contributed by atoms with Gasteiger partial charge in [0, 0.05) is 0 Å². The number of aryl methyl sites for hydroxylation is 3. The van der Waals surface area contributed by atoms with E-state index < -0.39 is 0 Å². The van der Waals surface area contributed by atoms with Crippen LogP contribution in [0.2, 0.25) is 0 Å². The first-order valence-corrected chi connectivity index (χ1v) is 5.78. The van der Waals surface area contributed by atoms with Crippen molar-refractivity contribution in [2.75, 3.05) is 7.11 Å². The standard InChI is InChI=1S/C15H16O3/c1-9-7-11(3)13(12(8-9)17-4)14(16)15-10(2)5-6-18-15/h5-8H,1-4H3. The van der Waals surface area contributed by atoms with Crippen LogP contribution in [0.15, 0.2) is 28.9 Å². The molecule has 0 aliphatic rings. The Hall–Kier alpha value is -2.03. The Bertz CT molecular complexity index is 594. The Morgan fingerprint density at radius 3 is 2.44 bits per heavy atom. The maximum atomic E-state index is 12.5. The highest BCUT2D eigenvalue weighted by atomic mass is 16.5. The fourth-order valence-corrected chi connectivity index (χ4v) is 2.10. The van der Waals surface area contributed by atoms with Crippen molar-refractivity contribution >= 4 is 5.78 Å². The van der Waals surface area contributed by atoms with Gasteiger partial charge in [0.25, 0.3) is 0 Å². The van der Waals surface area contributed by atoms with Gasteiger partial charge >= 0.3 is 0 Å². The molecule has 2 aromatic rings. The van der Waals surface area contributed by atoms with Crippen LogP contribution >= 0.6 is 0 Å². The van der Waals surface area contributed by atoms with Gasteiger partial charge in [-0.2, -0.15) is 0 Å². The van der Waals surface area contributed by atoms with Crippen LogP contribution in [0.3, 0.4) is 0 Å². The van der Waals surface area contributed by atoms with E-state index in [1.54, 1.807) is 13.2 Å². The number of ether oxygens (including phenoxy) is 1. The Morgan fingerprint density at radius 2 is 1.89 bits per heavy atom. The molecule has 1 heterocycles. The highest BCUT2D eigenvalue weighted by molar-refractivity contribution is 6.10. The summed E-state index contributed by atoms with van der Waals surface area (Å²) in [6.45, 7) is 5.73. The first-order valence-electron chi connectivity index (χ1n) is 5.78. The van der Waals surface area contributed by atoms with Gasteiger partial charge in [0.15, 0.2) is 5.76 Å². The third kappa shape index (κ3) is 2.04. The average Bonchev–Trinajstić information content (AvgIpc) is 2.73. The van der Waals surface area contributed by atoms with Crippen molar-refractivity contribution in [1.29, 1.82) is 0 Å². The monoisotopic (exact) mass is 244 g/mol. The van der Waals surface area contributed by atoms with Crippen molar-refractivity contribution in [2.24, 2.45) is 0 Å². The molecule has 0 N–H and O–H groups in total. The second-order valence-corrected chi connectivity index (χ2v) is 4.42. The molecular formula is C15H16O3. The molecule has 18 heavy (non-hydrogen) atoms. The van der Waals surface area contributed by atoms with Crippen LogP contribution in [0, 0.1) is 20.8 Å². The van der Waals surface area contributed by atoms with Gasteiger partial charge in [0.05, 0.1) is 18.9 Å². The van der Waals surface area contributed by atoms with Crippen LogP contribution in [-0.2, 0) is 0 Å². The number of furan rings is 1.